The van der Waals surface area contributed by atoms with Gasteiger partial charge in [-0.2, -0.15) is 0 Å². The van der Waals surface area contributed by atoms with Crippen molar-refractivity contribution in [2.24, 2.45) is 0 Å². The Morgan fingerprint density at radius 3 is 3.00 bits per heavy atom. The molecule has 0 amide bonds. The third-order valence-electron chi connectivity index (χ3n) is 3.21. The number of nitrogens with zero attached hydrogens (tertiary/aromatic N) is 1. The number of nitrogens with two attached hydrogens (primary N) is 1. The number of halogens is 1. The Balaban J connectivity index is 1.91. The van der Waals surface area contributed by atoms with Crippen molar-refractivity contribution in [3.63, 3.8) is 0 Å². The van der Waals surface area contributed by atoms with Gasteiger partial charge in [-0.1, -0.05) is 15.9 Å². The van der Waals surface area contributed by atoms with Gasteiger partial charge in [-0.05, 0) is 37.5 Å². The van der Waals surface area contributed by atoms with Crippen LogP contribution in [0.15, 0.2) is 22.7 Å². The first-order chi connectivity index (χ1) is 8.16. The summed E-state index contributed by atoms with van der Waals surface area (Å²) in [4.78, 5) is 2.20. The molecule has 3 nitrogen and oxygen atoms in total. The number of ether oxygens (including phenoxy) is 1. The van der Waals surface area contributed by atoms with E-state index in [9.17, 15) is 0 Å². The minimum atomic E-state index is 0.439. The quantitative estimate of drug-likeness (QED) is 0.869. The van der Waals surface area contributed by atoms with Crippen LogP contribution in [0.25, 0.3) is 0 Å². The summed E-state index contributed by atoms with van der Waals surface area (Å²) in [6.45, 7) is 1.91. The molecule has 1 aliphatic rings. The molecule has 1 aromatic carbocycles. The predicted molar refractivity (Wildman–Crippen MR) is 75.4 cm³/mol. The van der Waals surface area contributed by atoms with E-state index >= 15 is 0 Å². The summed E-state index contributed by atoms with van der Waals surface area (Å²) in [5, 5.41) is 0. The fraction of sp³-hybridized carbons (Fsp3) is 0.538. The van der Waals surface area contributed by atoms with E-state index in [0.717, 1.165) is 35.4 Å². The molecular weight excluding hydrogens is 280 g/mol. The van der Waals surface area contributed by atoms with Crippen molar-refractivity contribution >= 4 is 27.3 Å². The topological polar surface area (TPSA) is 38.5 Å². The van der Waals surface area contributed by atoms with Crippen LogP contribution in [-0.2, 0) is 4.74 Å². The van der Waals surface area contributed by atoms with Crippen molar-refractivity contribution < 1.29 is 4.74 Å². The molecule has 1 aliphatic heterocycles. The van der Waals surface area contributed by atoms with Crippen LogP contribution in [0, 0.1) is 0 Å². The number of nitrogen functional groups attached to an aromatic ring is 1. The van der Waals surface area contributed by atoms with Gasteiger partial charge in [0.25, 0.3) is 0 Å². The molecule has 0 radical (unpaired) electrons. The van der Waals surface area contributed by atoms with Gasteiger partial charge in [-0.25, -0.2) is 0 Å². The van der Waals surface area contributed by atoms with Crippen molar-refractivity contribution in [2.75, 3.05) is 30.8 Å². The molecule has 17 heavy (non-hydrogen) atoms. The molecule has 1 heterocycles. The van der Waals surface area contributed by atoms with Gasteiger partial charge in [0.15, 0.2) is 0 Å². The monoisotopic (exact) mass is 298 g/mol. The summed E-state index contributed by atoms with van der Waals surface area (Å²) >= 11 is 3.42. The zero-order valence-corrected chi connectivity index (χ0v) is 11.7. The lowest BCUT2D eigenvalue weighted by atomic mass is 10.1. The van der Waals surface area contributed by atoms with Gasteiger partial charge in [0.05, 0.1) is 17.5 Å². The number of anilines is 2. The van der Waals surface area contributed by atoms with Gasteiger partial charge in [0, 0.05) is 24.7 Å². The van der Waals surface area contributed by atoms with Crippen molar-refractivity contribution in [2.45, 2.75) is 25.4 Å². The normalized spacial score (nSPS) is 19.5. The van der Waals surface area contributed by atoms with Gasteiger partial charge in [-0.15, -0.1) is 0 Å². The van der Waals surface area contributed by atoms with E-state index in [0.29, 0.717) is 6.10 Å². The van der Waals surface area contributed by atoms with Crippen LogP contribution in [0.3, 0.4) is 0 Å². The highest BCUT2D eigenvalue weighted by Gasteiger charge is 2.16. The Labute approximate surface area is 111 Å². The summed E-state index contributed by atoms with van der Waals surface area (Å²) in [5.74, 6) is 0. The molecule has 1 fully saturated rings. The van der Waals surface area contributed by atoms with Crippen LogP contribution in [0.4, 0.5) is 11.4 Å². The highest BCUT2D eigenvalue weighted by Crippen LogP contribution is 2.26. The molecule has 2 N–H and O–H groups in total. The molecular formula is C13H19BrN2O. The van der Waals surface area contributed by atoms with Crippen LogP contribution in [0.1, 0.15) is 19.3 Å². The summed E-state index contributed by atoms with van der Waals surface area (Å²) in [6.07, 6.45) is 3.92. The van der Waals surface area contributed by atoms with Crippen LogP contribution in [-0.4, -0.2) is 26.3 Å². The number of benzene rings is 1. The van der Waals surface area contributed by atoms with Crippen molar-refractivity contribution in [3.8, 4) is 0 Å². The first-order valence-corrected chi connectivity index (χ1v) is 6.84. The molecule has 1 saturated heterocycles. The minimum Gasteiger partial charge on any atom is -0.397 e. The van der Waals surface area contributed by atoms with Crippen LogP contribution < -0.4 is 10.6 Å². The standard InChI is InChI=1S/C13H19BrN2O/c1-16(7-6-11-3-2-8-17-11)13-5-4-10(14)9-12(13)15/h4-5,9,11H,2-3,6-8,15H2,1H3. The first-order valence-electron chi connectivity index (χ1n) is 6.04. The zero-order chi connectivity index (χ0) is 12.3. The Kier molecular flexibility index (Phi) is 4.29. The van der Waals surface area contributed by atoms with Crippen molar-refractivity contribution in [1.82, 2.24) is 0 Å². The van der Waals surface area contributed by atoms with Crippen molar-refractivity contribution in [3.05, 3.63) is 22.7 Å². The second kappa shape index (κ2) is 5.74. The maximum Gasteiger partial charge on any atom is 0.0598 e. The van der Waals surface area contributed by atoms with Gasteiger partial charge in [0.1, 0.15) is 0 Å². The van der Waals surface area contributed by atoms with Crippen LogP contribution in [0.5, 0.6) is 0 Å². The smallest absolute Gasteiger partial charge is 0.0598 e. The number of hydrogen-bond donors (Lipinski definition) is 1. The van der Waals surface area contributed by atoms with E-state index in [2.05, 4.69) is 33.9 Å². The highest BCUT2D eigenvalue weighted by molar-refractivity contribution is 9.10. The second-order valence-electron chi connectivity index (χ2n) is 4.55. The fourth-order valence-electron chi connectivity index (χ4n) is 2.20. The molecule has 0 aromatic heterocycles. The minimum absolute atomic E-state index is 0.439. The lowest BCUT2D eigenvalue weighted by molar-refractivity contribution is 0.106. The number of rotatable bonds is 4. The van der Waals surface area contributed by atoms with Gasteiger partial charge in [0.2, 0.25) is 0 Å². The average Bonchev–Trinajstić information content (AvgIpc) is 2.78. The molecule has 1 aromatic rings. The third-order valence-corrected chi connectivity index (χ3v) is 3.70. The maximum absolute atomic E-state index is 6.00. The van der Waals surface area contributed by atoms with Gasteiger partial charge in [-0.3, -0.25) is 0 Å². The van der Waals surface area contributed by atoms with E-state index in [-0.39, 0.29) is 0 Å². The maximum atomic E-state index is 6.00. The van der Waals surface area contributed by atoms with E-state index in [1.54, 1.807) is 0 Å². The average molecular weight is 299 g/mol. The SMILES string of the molecule is CN(CCC1CCCO1)c1ccc(Br)cc1N. The Bertz CT molecular complexity index is 378. The molecule has 0 saturated carbocycles. The Morgan fingerprint density at radius 1 is 1.53 bits per heavy atom. The Hall–Kier alpha value is -0.740. The predicted octanol–water partition coefficient (Wildman–Crippen LogP) is 3.04. The van der Waals surface area contributed by atoms with Gasteiger partial charge < -0.3 is 15.4 Å². The molecule has 1 unspecified atom stereocenters. The molecule has 0 bridgehead atoms. The van der Waals surface area contributed by atoms with E-state index < -0.39 is 0 Å². The lowest BCUT2D eigenvalue weighted by Gasteiger charge is -2.22. The summed E-state index contributed by atoms with van der Waals surface area (Å²) in [7, 11) is 2.08. The number of hydrogen-bond acceptors (Lipinski definition) is 3. The summed E-state index contributed by atoms with van der Waals surface area (Å²) < 4.78 is 6.64. The summed E-state index contributed by atoms with van der Waals surface area (Å²) in [5.41, 5.74) is 7.91. The van der Waals surface area contributed by atoms with Crippen LogP contribution in [0.2, 0.25) is 0 Å². The van der Waals surface area contributed by atoms with Crippen LogP contribution >= 0.6 is 15.9 Å². The van der Waals surface area contributed by atoms with E-state index in [1.165, 1.54) is 12.8 Å². The molecule has 0 aliphatic carbocycles. The van der Waals surface area contributed by atoms with E-state index in [1.807, 2.05) is 12.1 Å². The summed E-state index contributed by atoms with van der Waals surface area (Å²) in [6, 6.07) is 6.01. The first kappa shape index (κ1) is 12.7. The van der Waals surface area contributed by atoms with Crippen molar-refractivity contribution in [1.29, 1.82) is 0 Å². The highest BCUT2D eigenvalue weighted by atomic mass is 79.9. The molecule has 2 rings (SSSR count). The van der Waals surface area contributed by atoms with Gasteiger partial charge >= 0.3 is 0 Å². The fourth-order valence-corrected chi connectivity index (χ4v) is 2.58. The second-order valence-corrected chi connectivity index (χ2v) is 5.46. The molecule has 1 atom stereocenters. The molecule has 0 spiro atoms. The lowest BCUT2D eigenvalue weighted by Crippen LogP contribution is -2.23. The zero-order valence-electron chi connectivity index (χ0n) is 10.2. The van der Waals surface area contributed by atoms with E-state index in [4.69, 9.17) is 10.5 Å². The largest absolute Gasteiger partial charge is 0.397 e. The molecule has 4 heteroatoms. The molecule has 94 valence electrons. The Morgan fingerprint density at radius 2 is 2.35 bits per heavy atom. The third kappa shape index (κ3) is 3.36.